The maximum absolute atomic E-state index is 4.57. The molecule has 0 saturated carbocycles. The average molecular weight is 247 g/mol. The zero-order valence-electron chi connectivity index (χ0n) is 10.6. The molecule has 2 aromatic carbocycles. The molecule has 0 aliphatic heterocycles. The number of aromatic nitrogens is 3. The van der Waals surface area contributed by atoms with Crippen molar-refractivity contribution in [2.45, 2.75) is 6.92 Å². The molecule has 0 N–H and O–H groups in total. The van der Waals surface area contributed by atoms with Gasteiger partial charge in [-0.25, -0.2) is 4.98 Å². The molecule has 0 atom stereocenters. The molecule has 3 aromatic rings. The molecule has 0 unspecified atom stereocenters. The zero-order valence-corrected chi connectivity index (χ0v) is 10.6. The van der Waals surface area contributed by atoms with Crippen molar-refractivity contribution in [2.75, 3.05) is 0 Å². The second kappa shape index (κ2) is 4.98. The van der Waals surface area contributed by atoms with Gasteiger partial charge in [0.2, 0.25) is 0 Å². The van der Waals surface area contributed by atoms with E-state index >= 15 is 0 Å². The first-order chi connectivity index (χ1) is 9.33. The third kappa shape index (κ3) is 2.50. The Morgan fingerprint density at radius 3 is 2.26 bits per heavy atom. The summed E-state index contributed by atoms with van der Waals surface area (Å²) in [6.45, 7) is 2.07. The molecule has 0 saturated heterocycles. The predicted molar refractivity (Wildman–Crippen MR) is 75.4 cm³/mol. The van der Waals surface area contributed by atoms with Gasteiger partial charge in [0.15, 0.2) is 5.82 Å². The van der Waals surface area contributed by atoms with Gasteiger partial charge in [-0.1, -0.05) is 60.2 Å². The summed E-state index contributed by atoms with van der Waals surface area (Å²) in [5.41, 5.74) is 4.10. The van der Waals surface area contributed by atoms with Crippen LogP contribution in [0.4, 0.5) is 0 Å². The molecule has 19 heavy (non-hydrogen) atoms. The van der Waals surface area contributed by atoms with Crippen molar-refractivity contribution in [1.29, 1.82) is 0 Å². The van der Waals surface area contributed by atoms with Crippen molar-refractivity contribution in [3.63, 3.8) is 0 Å². The Hall–Kier alpha value is -2.55. The summed E-state index contributed by atoms with van der Waals surface area (Å²) in [5, 5.41) is 8.14. The molecule has 3 heteroatoms. The van der Waals surface area contributed by atoms with E-state index in [2.05, 4.69) is 34.2 Å². The van der Waals surface area contributed by atoms with E-state index in [1.54, 1.807) is 6.20 Å². The Labute approximate surface area is 112 Å². The number of hydrogen-bond acceptors (Lipinski definition) is 3. The van der Waals surface area contributed by atoms with E-state index < -0.39 is 0 Å². The van der Waals surface area contributed by atoms with Crippen LogP contribution in [0.5, 0.6) is 0 Å². The van der Waals surface area contributed by atoms with Gasteiger partial charge in [0, 0.05) is 11.1 Å². The minimum Gasteiger partial charge on any atom is -0.225 e. The number of aryl methyl sites for hydroxylation is 1. The molecule has 3 rings (SSSR count). The summed E-state index contributed by atoms with van der Waals surface area (Å²) in [7, 11) is 0. The Morgan fingerprint density at radius 1 is 0.789 bits per heavy atom. The summed E-state index contributed by atoms with van der Waals surface area (Å²) in [6.07, 6.45) is 1.69. The zero-order chi connectivity index (χ0) is 13.1. The lowest BCUT2D eigenvalue weighted by molar-refractivity contribution is 0.984. The highest BCUT2D eigenvalue weighted by Crippen LogP contribution is 2.19. The molecule has 0 fully saturated rings. The molecule has 0 aliphatic carbocycles. The van der Waals surface area contributed by atoms with Gasteiger partial charge in [0.25, 0.3) is 0 Å². The van der Waals surface area contributed by atoms with Crippen LogP contribution in [-0.2, 0) is 0 Å². The second-order valence-electron chi connectivity index (χ2n) is 4.40. The van der Waals surface area contributed by atoms with Crippen LogP contribution in [0.25, 0.3) is 22.6 Å². The third-order valence-electron chi connectivity index (χ3n) is 2.94. The molecular weight excluding hydrogens is 234 g/mol. The lowest BCUT2D eigenvalue weighted by Gasteiger charge is -2.03. The van der Waals surface area contributed by atoms with Crippen LogP contribution in [0, 0.1) is 6.92 Å². The van der Waals surface area contributed by atoms with E-state index in [9.17, 15) is 0 Å². The van der Waals surface area contributed by atoms with E-state index in [-0.39, 0.29) is 0 Å². The first-order valence-corrected chi connectivity index (χ1v) is 6.15. The van der Waals surface area contributed by atoms with Crippen molar-refractivity contribution in [3.8, 4) is 22.6 Å². The van der Waals surface area contributed by atoms with Gasteiger partial charge >= 0.3 is 0 Å². The molecule has 0 aliphatic rings. The van der Waals surface area contributed by atoms with Crippen LogP contribution < -0.4 is 0 Å². The van der Waals surface area contributed by atoms with Crippen LogP contribution in [0.3, 0.4) is 0 Å². The Bertz CT molecular complexity index is 676. The molecule has 0 bridgehead atoms. The predicted octanol–water partition coefficient (Wildman–Crippen LogP) is 3.51. The van der Waals surface area contributed by atoms with E-state index in [0.29, 0.717) is 5.82 Å². The van der Waals surface area contributed by atoms with Crippen LogP contribution in [0.2, 0.25) is 0 Å². The quantitative estimate of drug-likeness (QED) is 0.695. The lowest BCUT2D eigenvalue weighted by atomic mass is 10.1. The van der Waals surface area contributed by atoms with Gasteiger partial charge in [0.05, 0.1) is 11.9 Å². The van der Waals surface area contributed by atoms with Crippen molar-refractivity contribution in [2.24, 2.45) is 0 Å². The lowest BCUT2D eigenvalue weighted by Crippen LogP contribution is -1.94. The van der Waals surface area contributed by atoms with Gasteiger partial charge in [-0.05, 0) is 6.92 Å². The number of nitrogens with zero attached hydrogens (tertiary/aromatic N) is 3. The van der Waals surface area contributed by atoms with Crippen molar-refractivity contribution < 1.29 is 0 Å². The largest absolute Gasteiger partial charge is 0.225 e. The summed E-state index contributed by atoms with van der Waals surface area (Å²) in [4.78, 5) is 4.57. The molecule has 92 valence electrons. The van der Waals surface area contributed by atoms with Crippen LogP contribution >= 0.6 is 0 Å². The fourth-order valence-electron chi connectivity index (χ4n) is 1.88. The second-order valence-corrected chi connectivity index (χ2v) is 4.40. The number of hydrogen-bond donors (Lipinski definition) is 0. The summed E-state index contributed by atoms with van der Waals surface area (Å²) >= 11 is 0. The monoisotopic (exact) mass is 247 g/mol. The maximum Gasteiger partial charge on any atom is 0.182 e. The summed E-state index contributed by atoms with van der Waals surface area (Å²) in [6, 6.07) is 18.1. The van der Waals surface area contributed by atoms with Gasteiger partial charge in [-0.2, -0.15) is 5.10 Å². The van der Waals surface area contributed by atoms with Crippen molar-refractivity contribution in [3.05, 3.63) is 66.4 Å². The first kappa shape index (κ1) is 11.5. The normalized spacial score (nSPS) is 10.4. The van der Waals surface area contributed by atoms with Gasteiger partial charge < -0.3 is 0 Å². The average Bonchev–Trinajstić information content (AvgIpc) is 2.49. The summed E-state index contributed by atoms with van der Waals surface area (Å²) < 4.78 is 0. The Balaban J connectivity index is 2.03. The third-order valence-corrected chi connectivity index (χ3v) is 2.94. The van der Waals surface area contributed by atoms with E-state index in [0.717, 1.165) is 16.8 Å². The minimum absolute atomic E-state index is 0.652. The minimum atomic E-state index is 0.652. The highest BCUT2D eigenvalue weighted by atomic mass is 15.1. The van der Waals surface area contributed by atoms with E-state index in [1.165, 1.54) is 5.56 Å². The highest BCUT2D eigenvalue weighted by Gasteiger charge is 2.05. The fraction of sp³-hybridized carbons (Fsp3) is 0.0625. The standard InChI is InChI=1S/C16H13N3/c1-12-7-9-13(10-8-12)15-11-17-19-16(18-15)14-5-3-2-4-6-14/h2-11H,1H3. The Kier molecular flexibility index (Phi) is 3.02. The molecule has 0 spiro atoms. The topological polar surface area (TPSA) is 38.7 Å². The van der Waals surface area contributed by atoms with Gasteiger partial charge in [-0.15, -0.1) is 5.10 Å². The van der Waals surface area contributed by atoms with Gasteiger partial charge in [0.1, 0.15) is 0 Å². The highest BCUT2D eigenvalue weighted by molar-refractivity contribution is 5.62. The van der Waals surface area contributed by atoms with Crippen LogP contribution in [0.1, 0.15) is 5.56 Å². The summed E-state index contributed by atoms with van der Waals surface area (Å²) in [5.74, 6) is 0.652. The van der Waals surface area contributed by atoms with E-state index in [1.807, 2.05) is 42.5 Å². The smallest absolute Gasteiger partial charge is 0.182 e. The molecule has 3 nitrogen and oxygen atoms in total. The van der Waals surface area contributed by atoms with Crippen molar-refractivity contribution in [1.82, 2.24) is 15.2 Å². The SMILES string of the molecule is Cc1ccc(-c2cnnc(-c3ccccc3)n2)cc1. The van der Waals surface area contributed by atoms with E-state index in [4.69, 9.17) is 0 Å². The first-order valence-electron chi connectivity index (χ1n) is 6.15. The maximum atomic E-state index is 4.57. The van der Waals surface area contributed by atoms with Crippen molar-refractivity contribution >= 4 is 0 Å². The number of rotatable bonds is 2. The number of benzene rings is 2. The van der Waals surface area contributed by atoms with Gasteiger partial charge in [-0.3, -0.25) is 0 Å². The van der Waals surface area contributed by atoms with Crippen LogP contribution in [0.15, 0.2) is 60.8 Å². The van der Waals surface area contributed by atoms with Crippen LogP contribution in [-0.4, -0.2) is 15.2 Å². The molecule has 1 aromatic heterocycles. The molecule has 0 radical (unpaired) electrons. The Morgan fingerprint density at radius 2 is 1.53 bits per heavy atom. The molecular formula is C16H13N3. The molecule has 0 amide bonds. The fourth-order valence-corrected chi connectivity index (χ4v) is 1.88. The molecule has 1 heterocycles.